The molecule has 0 radical (unpaired) electrons. The normalized spacial score (nSPS) is 23.9. The number of carboxylic acid groups (broad SMARTS) is 1. The third-order valence-corrected chi connectivity index (χ3v) is 3.75. The molecule has 0 aromatic carbocycles. The van der Waals surface area contributed by atoms with Gasteiger partial charge in [-0.15, -0.1) is 0 Å². The molecule has 1 fully saturated rings. The SMILES string of the molecule is CCN(C)CCNC(=O)[C@@H]1CCCC[C@@H]1C(=O)O. The van der Waals surface area contributed by atoms with Gasteiger partial charge in [-0.2, -0.15) is 0 Å². The third-order valence-electron chi connectivity index (χ3n) is 3.75. The Kier molecular flexibility index (Phi) is 6.12. The fourth-order valence-electron chi connectivity index (χ4n) is 2.40. The van der Waals surface area contributed by atoms with Crippen LogP contribution in [0, 0.1) is 11.8 Å². The lowest BCUT2D eigenvalue weighted by molar-refractivity contribution is -0.148. The highest BCUT2D eigenvalue weighted by Crippen LogP contribution is 2.30. The van der Waals surface area contributed by atoms with Gasteiger partial charge in [-0.1, -0.05) is 19.8 Å². The number of amides is 1. The number of nitrogens with zero attached hydrogens (tertiary/aromatic N) is 1. The molecule has 0 bridgehead atoms. The van der Waals surface area contributed by atoms with Gasteiger partial charge in [-0.25, -0.2) is 0 Å². The van der Waals surface area contributed by atoms with E-state index in [1.54, 1.807) is 0 Å². The first-order valence-electron chi connectivity index (χ1n) is 6.75. The zero-order valence-corrected chi connectivity index (χ0v) is 11.3. The van der Waals surface area contributed by atoms with Crippen molar-refractivity contribution in [3.8, 4) is 0 Å². The molecule has 0 aromatic rings. The van der Waals surface area contributed by atoms with Crippen LogP contribution in [0.2, 0.25) is 0 Å². The Labute approximate surface area is 109 Å². The highest BCUT2D eigenvalue weighted by Gasteiger charge is 2.35. The van der Waals surface area contributed by atoms with Crippen LogP contribution in [0.25, 0.3) is 0 Å². The second kappa shape index (κ2) is 7.36. The van der Waals surface area contributed by atoms with Crippen LogP contribution in [-0.4, -0.2) is 48.6 Å². The number of likely N-dealkylation sites (N-methyl/N-ethyl adjacent to an activating group) is 1. The Balaban J connectivity index is 2.41. The van der Waals surface area contributed by atoms with E-state index in [0.717, 1.165) is 25.9 Å². The van der Waals surface area contributed by atoms with Crippen molar-refractivity contribution in [2.75, 3.05) is 26.7 Å². The largest absolute Gasteiger partial charge is 0.481 e. The van der Waals surface area contributed by atoms with Gasteiger partial charge in [0.15, 0.2) is 0 Å². The standard InChI is InChI=1S/C13H24N2O3/c1-3-15(2)9-8-14-12(16)10-6-4-5-7-11(10)13(17)18/h10-11H,3-9H2,1-2H3,(H,14,16)(H,17,18)/t10-,11+/m1/s1. The number of carboxylic acids is 1. The van der Waals surface area contributed by atoms with Gasteiger partial charge in [0.05, 0.1) is 11.8 Å². The van der Waals surface area contributed by atoms with Crippen LogP contribution in [-0.2, 0) is 9.59 Å². The number of carbonyl (C=O) groups excluding carboxylic acids is 1. The lowest BCUT2D eigenvalue weighted by atomic mass is 9.79. The van der Waals surface area contributed by atoms with Crippen LogP contribution in [0.4, 0.5) is 0 Å². The summed E-state index contributed by atoms with van der Waals surface area (Å²) in [5.41, 5.74) is 0. The second-order valence-corrected chi connectivity index (χ2v) is 5.02. The predicted molar refractivity (Wildman–Crippen MR) is 69.3 cm³/mol. The van der Waals surface area contributed by atoms with Crippen LogP contribution >= 0.6 is 0 Å². The Bertz CT molecular complexity index is 294. The molecule has 0 spiro atoms. The minimum absolute atomic E-state index is 0.0911. The van der Waals surface area contributed by atoms with Crippen molar-refractivity contribution in [3.63, 3.8) is 0 Å². The smallest absolute Gasteiger partial charge is 0.307 e. The molecule has 5 nitrogen and oxygen atoms in total. The monoisotopic (exact) mass is 256 g/mol. The van der Waals surface area contributed by atoms with Gasteiger partial charge < -0.3 is 15.3 Å². The molecule has 1 rings (SSSR count). The first kappa shape index (κ1) is 15.0. The Morgan fingerprint density at radius 3 is 2.44 bits per heavy atom. The molecule has 2 N–H and O–H groups in total. The van der Waals surface area contributed by atoms with Crippen molar-refractivity contribution >= 4 is 11.9 Å². The summed E-state index contributed by atoms with van der Waals surface area (Å²) in [6, 6.07) is 0. The van der Waals surface area contributed by atoms with Crippen molar-refractivity contribution in [2.45, 2.75) is 32.6 Å². The summed E-state index contributed by atoms with van der Waals surface area (Å²) in [6.07, 6.45) is 3.20. The van der Waals surface area contributed by atoms with Crippen LogP contribution in [0.3, 0.4) is 0 Å². The highest BCUT2D eigenvalue weighted by atomic mass is 16.4. The van der Waals surface area contributed by atoms with E-state index in [9.17, 15) is 9.59 Å². The summed E-state index contributed by atoms with van der Waals surface area (Å²) in [4.78, 5) is 25.2. The molecule has 0 aliphatic heterocycles. The van der Waals surface area contributed by atoms with Gasteiger partial charge in [-0.3, -0.25) is 9.59 Å². The van der Waals surface area contributed by atoms with Gasteiger partial charge in [0, 0.05) is 13.1 Å². The van der Waals surface area contributed by atoms with E-state index in [1.165, 1.54) is 0 Å². The summed E-state index contributed by atoms with van der Waals surface area (Å²) < 4.78 is 0. The van der Waals surface area contributed by atoms with E-state index in [2.05, 4.69) is 17.1 Å². The molecule has 1 aliphatic rings. The van der Waals surface area contributed by atoms with E-state index >= 15 is 0 Å². The molecule has 104 valence electrons. The molecule has 2 atom stereocenters. The number of hydrogen-bond acceptors (Lipinski definition) is 3. The van der Waals surface area contributed by atoms with E-state index < -0.39 is 11.9 Å². The van der Waals surface area contributed by atoms with Crippen molar-refractivity contribution in [1.82, 2.24) is 10.2 Å². The summed E-state index contributed by atoms with van der Waals surface area (Å²) in [6.45, 7) is 4.39. The van der Waals surface area contributed by atoms with Crippen molar-refractivity contribution in [1.29, 1.82) is 0 Å². The molecule has 1 saturated carbocycles. The maximum atomic E-state index is 12.0. The van der Waals surface area contributed by atoms with Crippen molar-refractivity contribution in [3.05, 3.63) is 0 Å². The lowest BCUT2D eigenvalue weighted by Crippen LogP contribution is -2.42. The number of nitrogens with one attached hydrogen (secondary N) is 1. The molecule has 0 saturated heterocycles. The minimum Gasteiger partial charge on any atom is -0.481 e. The Morgan fingerprint density at radius 2 is 1.89 bits per heavy atom. The summed E-state index contributed by atoms with van der Waals surface area (Å²) in [7, 11) is 1.99. The van der Waals surface area contributed by atoms with Gasteiger partial charge in [0.25, 0.3) is 0 Å². The van der Waals surface area contributed by atoms with Crippen LogP contribution in [0.15, 0.2) is 0 Å². The zero-order chi connectivity index (χ0) is 13.5. The molecular formula is C13H24N2O3. The van der Waals surface area contributed by atoms with E-state index in [-0.39, 0.29) is 11.8 Å². The Hall–Kier alpha value is -1.10. The number of rotatable bonds is 6. The molecule has 0 heterocycles. The maximum absolute atomic E-state index is 12.0. The highest BCUT2D eigenvalue weighted by molar-refractivity contribution is 5.84. The summed E-state index contributed by atoms with van der Waals surface area (Å²) >= 11 is 0. The fraction of sp³-hybridized carbons (Fsp3) is 0.846. The Morgan fingerprint density at radius 1 is 1.28 bits per heavy atom. The van der Waals surface area contributed by atoms with Crippen molar-refractivity contribution in [2.24, 2.45) is 11.8 Å². The van der Waals surface area contributed by atoms with E-state index in [4.69, 9.17) is 5.11 Å². The van der Waals surface area contributed by atoms with Gasteiger partial charge in [-0.05, 0) is 26.4 Å². The molecule has 0 unspecified atom stereocenters. The number of hydrogen-bond donors (Lipinski definition) is 2. The number of carbonyl (C=O) groups is 2. The zero-order valence-electron chi connectivity index (χ0n) is 11.3. The first-order chi connectivity index (χ1) is 8.56. The van der Waals surface area contributed by atoms with Gasteiger partial charge >= 0.3 is 5.97 Å². The topological polar surface area (TPSA) is 69.6 Å². The molecule has 0 aromatic heterocycles. The molecule has 18 heavy (non-hydrogen) atoms. The fourth-order valence-corrected chi connectivity index (χ4v) is 2.40. The van der Waals surface area contributed by atoms with Gasteiger partial charge in [0.2, 0.25) is 5.91 Å². The molecule has 1 amide bonds. The quantitative estimate of drug-likeness (QED) is 0.742. The average molecular weight is 256 g/mol. The average Bonchev–Trinajstić information content (AvgIpc) is 2.38. The van der Waals surface area contributed by atoms with Crippen LogP contribution in [0.1, 0.15) is 32.6 Å². The third kappa shape index (κ3) is 4.29. The van der Waals surface area contributed by atoms with Crippen molar-refractivity contribution < 1.29 is 14.7 Å². The van der Waals surface area contributed by atoms with Crippen LogP contribution in [0.5, 0.6) is 0 Å². The predicted octanol–water partition coefficient (Wildman–Crippen LogP) is 0.945. The molecule has 1 aliphatic carbocycles. The van der Waals surface area contributed by atoms with Crippen LogP contribution < -0.4 is 5.32 Å². The second-order valence-electron chi connectivity index (χ2n) is 5.02. The van der Waals surface area contributed by atoms with E-state index in [1.807, 2.05) is 7.05 Å². The minimum atomic E-state index is -0.833. The van der Waals surface area contributed by atoms with E-state index in [0.29, 0.717) is 19.4 Å². The summed E-state index contributed by atoms with van der Waals surface area (Å²) in [5, 5.41) is 12.0. The maximum Gasteiger partial charge on any atom is 0.307 e. The first-order valence-corrected chi connectivity index (χ1v) is 6.75. The van der Waals surface area contributed by atoms with Gasteiger partial charge in [0.1, 0.15) is 0 Å². The lowest BCUT2D eigenvalue weighted by Gasteiger charge is -2.27. The molecule has 5 heteroatoms. The molecular weight excluding hydrogens is 232 g/mol. The number of aliphatic carboxylic acids is 1. The summed E-state index contributed by atoms with van der Waals surface area (Å²) in [5.74, 6) is -1.77.